The molecule has 3 aromatic carbocycles. The predicted octanol–water partition coefficient (Wildman–Crippen LogP) is 5.19. The molecule has 0 radical (unpaired) electrons. The zero-order valence-electron chi connectivity index (χ0n) is 20.5. The maximum Gasteiger partial charge on any atom is 0.240 e. The van der Waals surface area contributed by atoms with E-state index < -0.39 is 28.9 Å². The number of nitrogens with zero attached hydrogens (tertiary/aromatic N) is 1. The Kier molecular flexibility index (Phi) is 6.31. The van der Waals surface area contributed by atoms with E-state index in [9.17, 15) is 14.0 Å². The molecular weight excluding hydrogens is 496 g/mol. The SMILES string of the molecule is COc1cc2nccc(Oc3ccc(-c4cc(F)ccc4NC(=O)C4(C(N)=O)CC4)cc3F)c2cc1OC. The van der Waals surface area contributed by atoms with Crippen LogP contribution in [-0.4, -0.2) is 31.0 Å². The molecule has 10 heteroatoms. The number of ether oxygens (including phenoxy) is 3. The summed E-state index contributed by atoms with van der Waals surface area (Å²) in [6.07, 6.45) is 2.21. The highest BCUT2D eigenvalue weighted by Gasteiger charge is 2.55. The Bertz CT molecular complexity index is 1590. The number of nitrogens with one attached hydrogen (secondary N) is 1. The van der Waals surface area contributed by atoms with E-state index in [1.807, 2.05) is 0 Å². The summed E-state index contributed by atoms with van der Waals surface area (Å²) in [6, 6.07) is 12.8. The maximum absolute atomic E-state index is 15.3. The van der Waals surface area contributed by atoms with E-state index in [2.05, 4.69) is 10.3 Å². The fourth-order valence-electron chi connectivity index (χ4n) is 4.22. The molecule has 1 fully saturated rings. The number of carbonyl (C=O) groups excluding carboxylic acids is 2. The highest BCUT2D eigenvalue weighted by Crippen LogP contribution is 2.47. The van der Waals surface area contributed by atoms with E-state index in [1.165, 1.54) is 50.7 Å². The molecule has 0 unspecified atom stereocenters. The molecule has 4 aromatic rings. The minimum Gasteiger partial charge on any atom is -0.493 e. The molecule has 0 aliphatic heterocycles. The van der Waals surface area contributed by atoms with Crippen molar-refractivity contribution in [2.24, 2.45) is 11.1 Å². The summed E-state index contributed by atoms with van der Waals surface area (Å²) in [5, 5.41) is 3.22. The van der Waals surface area contributed by atoms with Gasteiger partial charge in [0.05, 0.1) is 19.7 Å². The van der Waals surface area contributed by atoms with Crippen molar-refractivity contribution < 1.29 is 32.6 Å². The molecule has 0 saturated heterocycles. The first-order chi connectivity index (χ1) is 18.3. The average Bonchev–Trinajstić information content (AvgIpc) is 3.73. The summed E-state index contributed by atoms with van der Waals surface area (Å²) in [4.78, 5) is 28.7. The minimum absolute atomic E-state index is 0.0799. The number of aromatic nitrogens is 1. The standard InChI is InChI=1S/C28H23F2N3O5/c1-36-24-13-18-21(14-25(24)37-2)32-10-7-22(18)38-23-6-3-15(11-19(23)30)17-12-16(29)4-5-20(17)33-27(35)28(8-9-28)26(31)34/h3-7,10-14H,8-9H2,1-2H3,(H2,31,34)(H,33,35). The number of pyridine rings is 1. The van der Waals surface area contributed by atoms with Crippen LogP contribution in [0.4, 0.5) is 14.5 Å². The molecule has 1 aliphatic rings. The molecule has 8 nitrogen and oxygen atoms in total. The Balaban J connectivity index is 1.47. The number of nitrogens with two attached hydrogens (primary N) is 1. The van der Waals surface area contributed by atoms with Crippen molar-refractivity contribution in [3.8, 4) is 34.1 Å². The summed E-state index contributed by atoms with van der Waals surface area (Å²) >= 11 is 0. The predicted molar refractivity (Wildman–Crippen MR) is 136 cm³/mol. The first-order valence-corrected chi connectivity index (χ1v) is 11.6. The number of carbonyl (C=O) groups is 2. The first kappa shape index (κ1) is 24.9. The van der Waals surface area contributed by atoms with Gasteiger partial charge in [0, 0.05) is 28.9 Å². The van der Waals surface area contributed by atoms with Crippen molar-refractivity contribution in [2.45, 2.75) is 12.8 Å². The lowest BCUT2D eigenvalue weighted by Gasteiger charge is -2.16. The molecule has 1 heterocycles. The van der Waals surface area contributed by atoms with Crippen molar-refractivity contribution >= 4 is 28.4 Å². The summed E-state index contributed by atoms with van der Waals surface area (Å²) in [7, 11) is 3.01. The Morgan fingerprint density at radius 1 is 0.921 bits per heavy atom. The molecule has 0 spiro atoms. The lowest BCUT2D eigenvalue weighted by atomic mass is 10.0. The van der Waals surface area contributed by atoms with Gasteiger partial charge in [-0.3, -0.25) is 14.6 Å². The van der Waals surface area contributed by atoms with Crippen LogP contribution in [0.15, 0.2) is 60.8 Å². The van der Waals surface area contributed by atoms with E-state index in [0.717, 1.165) is 6.07 Å². The van der Waals surface area contributed by atoms with Gasteiger partial charge in [0.25, 0.3) is 0 Å². The van der Waals surface area contributed by atoms with Gasteiger partial charge in [0.1, 0.15) is 17.0 Å². The fraction of sp³-hybridized carbons (Fsp3) is 0.179. The van der Waals surface area contributed by atoms with Gasteiger partial charge >= 0.3 is 0 Å². The molecule has 0 atom stereocenters. The molecule has 194 valence electrons. The van der Waals surface area contributed by atoms with Crippen LogP contribution in [0.5, 0.6) is 23.0 Å². The second-order valence-electron chi connectivity index (χ2n) is 8.87. The first-order valence-electron chi connectivity index (χ1n) is 11.6. The number of hydrogen-bond donors (Lipinski definition) is 2. The smallest absolute Gasteiger partial charge is 0.240 e. The van der Waals surface area contributed by atoms with Gasteiger partial charge in [0.2, 0.25) is 11.8 Å². The van der Waals surface area contributed by atoms with Gasteiger partial charge in [0.15, 0.2) is 23.1 Å². The molecule has 2 amide bonds. The van der Waals surface area contributed by atoms with Crippen molar-refractivity contribution in [3.63, 3.8) is 0 Å². The van der Waals surface area contributed by atoms with E-state index in [0.29, 0.717) is 46.6 Å². The average molecular weight is 520 g/mol. The summed E-state index contributed by atoms with van der Waals surface area (Å²) in [6.45, 7) is 0. The molecule has 1 aromatic heterocycles. The zero-order chi connectivity index (χ0) is 27.0. The van der Waals surface area contributed by atoms with Crippen LogP contribution in [-0.2, 0) is 9.59 Å². The molecule has 38 heavy (non-hydrogen) atoms. The fourth-order valence-corrected chi connectivity index (χ4v) is 4.22. The highest BCUT2D eigenvalue weighted by molar-refractivity contribution is 6.13. The normalized spacial score (nSPS) is 13.6. The van der Waals surface area contributed by atoms with Crippen LogP contribution in [0, 0.1) is 17.0 Å². The topological polar surface area (TPSA) is 113 Å². The van der Waals surface area contributed by atoms with E-state index in [-0.39, 0.29) is 17.0 Å². The Labute approximate surface area is 216 Å². The van der Waals surface area contributed by atoms with Crippen LogP contribution >= 0.6 is 0 Å². The van der Waals surface area contributed by atoms with E-state index in [1.54, 1.807) is 18.2 Å². The zero-order valence-corrected chi connectivity index (χ0v) is 20.5. The quantitative estimate of drug-likeness (QED) is 0.310. The number of fused-ring (bicyclic) bond motifs is 1. The van der Waals surface area contributed by atoms with Crippen LogP contribution in [0.25, 0.3) is 22.0 Å². The second kappa shape index (κ2) is 9.62. The van der Waals surface area contributed by atoms with Crippen LogP contribution < -0.4 is 25.3 Å². The number of methoxy groups -OCH3 is 2. The van der Waals surface area contributed by atoms with Crippen molar-refractivity contribution in [3.05, 3.63) is 72.4 Å². The third-order valence-corrected chi connectivity index (χ3v) is 6.56. The van der Waals surface area contributed by atoms with Gasteiger partial charge in [-0.25, -0.2) is 8.78 Å². The van der Waals surface area contributed by atoms with Crippen molar-refractivity contribution in [1.29, 1.82) is 0 Å². The second-order valence-corrected chi connectivity index (χ2v) is 8.87. The lowest BCUT2D eigenvalue weighted by Crippen LogP contribution is -2.36. The monoisotopic (exact) mass is 519 g/mol. The molecule has 5 rings (SSSR count). The van der Waals surface area contributed by atoms with E-state index in [4.69, 9.17) is 19.9 Å². The Morgan fingerprint density at radius 3 is 2.32 bits per heavy atom. The lowest BCUT2D eigenvalue weighted by molar-refractivity contribution is -0.132. The summed E-state index contributed by atoms with van der Waals surface area (Å²) < 4.78 is 45.9. The van der Waals surface area contributed by atoms with E-state index >= 15 is 4.39 Å². The van der Waals surface area contributed by atoms with Crippen molar-refractivity contribution in [1.82, 2.24) is 4.98 Å². The number of benzene rings is 3. The molecule has 1 aliphatic carbocycles. The summed E-state index contributed by atoms with van der Waals surface area (Å²) in [5.74, 6) is -1.39. The summed E-state index contributed by atoms with van der Waals surface area (Å²) in [5.41, 5.74) is 5.42. The number of halogens is 2. The van der Waals surface area contributed by atoms with Gasteiger partial charge in [-0.15, -0.1) is 0 Å². The molecule has 0 bridgehead atoms. The van der Waals surface area contributed by atoms with Crippen LogP contribution in [0.2, 0.25) is 0 Å². The molecular formula is C28H23F2N3O5. The van der Waals surface area contributed by atoms with Gasteiger partial charge in [-0.05, 0) is 60.9 Å². The molecule has 3 N–H and O–H groups in total. The maximum atomic E-state index is 15.3. The Morgan fingerprint density at radius 2 is 1.66 bits per heavy atom. The van der Waals surface area contributed by atoms with Crippen LogP contribution in [0.1, 0.15) is 12.8 Å². The number of anilines is 1. The highest BCUT2D eigenvalue weighted by atomic mass is 19.1. The number of hydrogen-bond acceptors (Lipinski definition) is 6. The van der Waals surface area contributed by atoms with Crippen molar-refractivity contribution in [2.75, 3.05) is 19.5 Å². The third kappa shape index (κ3) is 4.45. The van der Waals surface area contributed by atoms with Crippen LogP contribution in [0.3, 0.4) is 0 Å². The van der Waals surface area contributed by atoms with Gasteiger partial charge < -0.3 is 25.3 Å². The number of primary amides is 1. The number of amides is 2. The Hall–Kier alpha value is -4.73. The molecule has 1 saturated carbocycles. The minimum atomic E-state index is -1.27. The van der Waals surface area contributed by atoms with Gasteiger partial charge in [-0.1, -0.05) is 6.07 Å². The number of rotatable bonds is 8. The van der Waals surface area contributed by atoms with Gasteiger partial charge in [-0.2, -0.15) is 0 Å². The third-order valence-electron chi connectivity index (χ3n) is 6.56. The largest absolute Gasteiger partial charge is 0.493 e.